The van der Waals surface area contributed by atoms with Gasteiger partial charge < -0.3 is 10.4 Å². The lowest BCUT2D eigenvalue weighted by atomic mass is 10.0. The SMILES string of the molecule is CCc1cccc(CC)c1Nc1n[nH]c(C)c1C(=O)O. The molecule has 2 rings (SSSR count). The van der Waals surface area contributed by atoms with Crippen molar-refractivity contribution in [1.82, 2.24) is 10.2 Å². The number of nitrogens with one attached hydrogen (secondary N) is 2. The van der Waals surface area contributed by atoms with Gasteiger partial charge in [0.05, 0.1) is 0 Å². The molecular weight excluding hydrogens is 254 g/mol. The second kappa shape index (κ2) is 5.77. The maximum atomic E-state index is 11.3. The molecule has 5 nitrogen and oxygen atoms in total. The molecule has 106 valence electrons. The van der Waals surface area contributed by atoms with E-state index in [2.05, 4.69) is 29.4 Å². The highest BCUT2D eigenvalue weighted by Gasteiger charge is 2.18. The Kier molecular flexibility index (Phi) is 4.08. The molecule has 0 saturated carbocycles. The van der Waals surface area contributed by atoms with Crippen LogP contribution in [0, 0.1) is 6.92 Å². The van der Waals surface area contributed by atoms with Crippen LogP contribution >= 0.6 is 0 Å². The van der Waals surface area contributed by atoms with E-state index >= 15 is 0 Å². The summed E-state index contributed by atoms with van der Waals surface area (Å²) in [6, 6.07) is 6.11. The lowest BCUT2D eigenvalue weighted by Gasteiger charge is -2.14. The minimum absolute atomic E-state index is 0.193. The van der Waals surface area contributed by atoms with Crippen LogP contribution in [0.4, 0.5) is 11.5 Å². The first kappa shape index (κ1) is 14.1. The Labute approximate surface area is 118 Å². The Bertz CT molecular complexity index is 610. The summed E-state index contributed by atoms with van der Waals surface area (Å²) in [4.78, 5) is 11.3. The van der Waals surface area contributed by atoms with Crippen molar-refractivity contribution in [3.05, 3.63) is 40.6 Å². The van der Waals surface area contributed by atoms with Gasteiger partial charge in [0.15, 0.2) is 5.82 Å². The van der Waals surface area contributed by atoms with E-state index in [0.717, 1.165) is 29.7 Å². The average molecular weight is 273 g/mol. The predicted octanol–water partition coefficient (Wildman–Crippen LogP) is 3.28. The molecule has 1 heterocycles. The number of aromatic amines is 1. The molecule has 1 aromatic carbocycles. The second-order valence-corrected chi connectivity index (χ2v) is 4.66. The molecule has 3 N–H and O–H groups in total. The van der Waals surface area contributed by atoms with E-state index in [1.807, 2.05) is 18.2 Å². The van der Waals surface area contributed by atoms with Crippen LogP contribution in [0.25, 0.3) is 0 Å². The highest BCUT2D eigenvalue weighted by Crippen LogP contribution is 2.28. The van der Waals surface area contributed by atoms with Gasteiger partial charge in [-0.25, -0.2) is 4.79 Å². The molecule has 0 fully saturated rings. The molecule has 0 atom stereocenters. The van der Waals surface area contributed by atoms with E-state index in [0.29, 0.717) is 11.5 Å². The lowest BCUT2D eigenvalue weighted by Crippen LogP contribution is -2.05. The zero-order chi connectivity index (χ0) is 14.7. The number of anilines is 2. The van der Waals surface area contributed by atoms with Crippen LogP contribution in [0.15, 0.2) is 18.2 Å². The molecular formula is C15H19N3O2. The van der Waals surface area contributed by atoms with Crippen LogP contribution in [-0.2, 0) is 12.8 Å². The molecule has 2 aromatic rings. The fourth-order valence-corrected chi connectivity index (χ4v) is 2.30. The van der Waals surface area contributed by atoms with Crippen molar-refractivity contribution in [2.75, 3.05) is 5.32 Å². The third-order valence-electron chi connectivity index (χ3n) is 3.40. The van der Waals surface area contributed by atoms with Gasteiger partial charge in [-0.15, -0.1) is 0 Å². The number of carboxylic acid groups (broad SMARTS) is 1. The van der Waals surface area contributed by atoms with Gasteiger partial charge in [0.2, 0.25) is 0 Å². The Morgan fingerprint density at radius 1 is 1.30 bits per heavy atom. The van der Waals surface area contributed by atoms with E-state index in [9.17, 15) is 9.90 Å². The van der Waals surface area contributed by atoms with E-state index in [-0.39, 0.29) is 5.56 Å². The monoisotopic (exact) mass is 273 g/mol. The van der Waals surface area contributed by atoms with Gasteiger partial charge in [-0.05, 0) is 30.9 Å². The third kappa shape index (κ3) is 2.52. The zero-order valence-electron chi connectivity index (χ0n) is 11.9. The Morgan fingerprint density at radius 2 is 1.90 bits per heavy atom. The minimum Gasteiger partial charge on any atom is -0.477 e. The van der Waals surface area contributed by atoms with E-state index < -0.39 is 5.97 Å². The molecule has 0 aliphatic carbocycles. The number of carbonyl (C=O) groups is 1. The first-order valence-electron chi connectivity index (χ1n) is 6.74. The maximum absolute atomic E-state index is 11.3. The number of carboxylic acids is 1. The fourth-order valence-electron chi connectivity index (χ4n) is 2.30. The van der Waals surface area contributed by atoms with Crippen molar-refractivity contribution >= 4 is 17.5 Å². The van der Waals surface area contributed by atoms with Crippen molar-refractivity contribution in [1.29, 1.82) is 0 Å². The zero-order valence-corrected chi connectivity index (χ0v) is 11.9. The van der Waals surface area contributed by atoms with Gasteiger partial charge in [0.25, 0.3) is 0 Å². The number of aromatic carboxylic acids is 1. The van der Waals surface area contributed by atoms with Crippen LogP contribution in [0.2, 0.25) is 0 Å². The molecule has 0 unspecified atom stereocenters. The molecule has 20 heavy (non-hydrogen) atoms. The number of rotatable bonds is 5. The maximum Gasteiger partial charge on any atom is 0.341 e. The summed E-state index contributed by atoms with van der Waals surface area (Å²) in [5.41, 5.74) is 4.01. The van der Waals surface area contributed by atoms with Gasteiger partial charge in [-0.2, -0.15) is 5.10 Å². The second-order valence-electron chi connectivity index (χ2n) is 4.66. The summed E-state index contributed by atoms with van der Waals surface area (Å²) in [5.74, 6) is -0.614. The van der Waals surface area contributed by atoms with E-state index in [4.69, 9.17) is 0 Å². The standard InChI is InChI=1S/C15H19N3O2/c1-4-10-7-6-8-11(5-2)13(10)16-14-12(15(19)20)9(3)17-18-14/h6-8H,4-5H2,1-3H3,(H,19,20)(H2,16,17,18). The van der Waals surface area contributed by atoms with Crippen LogP contribution < -0.4 is 5.32 Å². The first-order valence-corrected chi connectivity index (χ1v) is 6.74. The molecule has 0 aliphatic rings. The normalized spacial score (nSPS) is 10.6. The molecule has 0 amide bonds. The highest BCUT2D eigenvalue weighted by atomic mass is 16.4. The smallest absolute Gasteiger partial charge is 0.341 e. The Balaban J connectivity index is 2.47. The molecule has 0 radical (unpaired) electrons. The summed E-state index contributed by atoms with van der Waals surface area (Å²) < 4.78 is 0. The van der Waals surface area contributed by atoms with Gasteiger partial charge in [0.1, 0.15) is 5.56 Å². The molecule has 1 aromatic heterocycles. The van der Waals surface area contributed by atoms with Crippen molar-refractivity contribution in [2.24, 2.45) is 0 Å². The summed E-state index contributed by atoms with van der Waals surface area (Å²) in [5, 5.41) is 19.2. The van der Waals surface area contributed by atoms with E-state index in [1.165, 1.54) is 0 Å². The summed E-state index contributed by atoms with van der Waals surface area (Å²) in [6.45, 7) is 5.86. The Morgan fingerprint density at radius 3 is 2.40 bits per heavy atom. The number of para-hydroxylation sites is 1. The molecule has 0 spiro atoms. The van der Waals surface area contributed by atoms with Crippen LogP contribution in [0.5, 0.6) is 0 Å². The van der Waals surface area contributed by atoms with Crippen molar-refractivity contribution in [3.63, 3.8) is 0 Å². The van der Waals surface area contributed by atoms with Gasteiger partial charge in [-0.1, -0.05) is 32.0 Å². The number of nitrogens with zero attached hydrogens (tertiary/aromatic N) is 1. The van der Waals surface area contributed by atoms with Gasteiger partial charge in [0, 0.05) is 11.4 Å². The van der Waals surface area contributed by atoms with E-state index in [1.54, 1.807) is 6.92 Å². The topological polar surface area (TPSA) is 78.0 Å². The summed E-state index contributed by atoms with van der Waals surface area (Å²) in [7, 11) is 0. The van der Waals surface area contributed by atoms with Gasteiger partial charge >= 0.3 is 5.97 Å². The summed E-state index contributed by atoms with van der Waals surface area (Å²) in [6.07, 6.45) is 1.75. The van der Waals surface area contributed by atoms with Crippen molar-refractivity contribution in [2.45, 2.75) is 33.6 Å². The van der Waals surface area contributed by atoms with Crippen molar-refractivity contribution < 1.29 is 9.90 Å². The number of aromatic nitrogens is 2. The van der Waals surface area contributed by atoms with Gasteiger partial charge in [-0.3, -0.25) is 5.10 Å². The molecule has 0 aliphatic heterocycles. The fraction of sp³-hybridized carbons (Fsp3) is 0.333. The minimum atomic E-state index is -0.981. The highest BCUT2D eigenvalue weighted by molar-refractivity contribution is 5.95. The third-order valence-corrected chi connectivity index (χ3v) is 3.40. The number of benzene rings is 1. The number of hydrogen-bond donors (Lipinski definition) is 3. The lowest BCUT2D eigenvalue weighted by molar-refractivity contribution is 0.0697. The molecule has 0 saturated heterocycles. The number of hydrogen-bond acceptors (Lipinski definition) is 3. The Hall–Kier alpha value is -2.30. The van der Waals surface area contributed by atoms with Crippen LogP contribution in [-0.4, -0.2) is 21.3 Å². The predicted molar refractivity (Wildman–Crippen MR) is 78.8 cm³/mol. The largest absolute Gasteiger partial charge is 0.477 e. The average Bonchev–Trinajstić information content (AvgIpc) is 2.80. The number of H-pyrrole nitrogens is 1. The quantitative estimate of drug-likeness (QED) is 0.781. The van der Waals surface area contributed by atoms with Crippen LogP contribution in [0.3, 0.4) is 0 Å². The summed E-state index contributed by atoms with van der Waals surface area (Å²) >= 11 is 0. The molecule has 0 bridgehead atoms. The van der Waals surface area contributed by atoms with Crippen LogP contribution in [0.1, 0.15) is 41.0 Å². The first-order chi connectivity index (χ1) is 9.58. The number of aryl methyl sites for hydroxylation is 3. The molecule has 5 heteroatoms. The van der Waals surface area contributed by atoms with Crippen molar-refractivity contribution in [3.8, 4) is 0 Å².